The minimum Gasteiger partial charge on any atom is -0.385 e. The lowest BCUT2D eigenvalue weighted by Gasteiger charge is -2.15. The molecule has 1 heterocycles. The largest absolute Gasteiger partial charge is 0.385 e. The highest BCUT2D eigenvalue weighted by Gasteiger charge is 2.22. The number of nitrogens with one attached hydrogen (secondary N) is 1. The molecule has 0 unspecified atom stereocenters. The van der Waals surface area contributed by atoms with Gasteiger partial charge in [0.2, 0.25) is 0 Å². The summed E-state index contributed by atoms with van der Waals surface area (Å²) in [5.41, 5.74) is 0. The first-order valence-corrected chi connectivity index (χ1v) is 7.96. The highest BCUT2D eigenvalue weighted by molar-refractivity contribution is 7.91. The number of sulfonamides is 1. The summed E-state index contributed by atoms with van der Waals surface area (Å²) in [6.45, 7) is 1.72. The average Bonchev–Trinajstić information content (AvgIpc) is 2.79. The predicted molar refractivity (Wildman–Crippen MR) is 73.4 cm³/mol. The average molecular weight is 292 g/mol. The smallest absolute Gasteiger partial charge is 0.252 e. The Labute approximate surface area is 113 Å². The molecule has 0 aliphatic heterocycles. The van der Waals surface area contributed by atoms with Crippen LogP contribution >= 0.6 is 11.3 Å². The Balaban J connectivity index is 2.71. The maximum atomic E-state index is 12.2. The van der Waals surface area contributed by atoms with Gasteiger partial charge in [-0.1, -0.05) is 0 Å². The zero-order valence-electron chi connectivity index (χ0n) is 11.0. The number of hydrogen-bond acceptors (Lipinski definition) is 5. The molecule has 104 valence electrons. The van der Waals surface area contributed by atoms with Crippen molar-refractivity contribution in [3.8, 4) is 0 Å². The fourth-order valence-corrected chi connectivity index (χ4v) is 4.26. The second-order valence-corrected chi connectivity index (χ2v) is 7.36. The van der Waals surface area contributed by atoms with E-state index in [1.165, 1.54) is 15.6 Å². The molecule has 0 fully saturated rings. The lowest BCUT2D eigenvalue weighted by molar-refractivity contribution is 0.189. The van der Waals surface area contributed by atoms with Crippen molar-refractivity contribution in [1.29, 1.82) is 0 Å². The van der Waals surface area contributed by atoms with Crippen LogP contribution in [0.5, 0.6) is 0 Å². The van der Waals surface area contributed by atoms with E-state index in [-0.39, 0.29) is 0 Å². The van der Waals surface area contributed by atoms with Crippen LogP contribution in [0.1, 0.15) is 11.3 Å². The third-order valence-electron chi connectivity index (χ3n) is 2.47. The van der Waals surface area contributed by atoms with Crippen LogP contribution in [-0.4, -0.2) is 47.1 Å². The van der Waals surface area contributed by atoms with Crippen molar-refractivity contribution < 1.29 is 13.2 Å². The molecule has 1 aromatic rings. The summed E-state index contributed by atoms with van der Waals surface area (Å²) in [6, 6.07) is 3.51. The van der Waals surface area contributed by atoms with E-state index in [4.69, 9.17) is 4.74 Å². The van der Waals surface area contributed by atoms with E-state index >= 15 is 0 Å². The van der Waals surface area contributed by atoms with Gasteiger partial charge in [-0.25, -0.2) is 12.7 Å². The lowest BCUT2D eigenvalue weighted by atomic mass is 10.5. The summed E-state index contributed by atoms with van der Waals surface area (Å²) in [6.07, 6.45) is 0.695. The van der Waals surface area contributed by atoms with E-state index in [1.807, 2.05) is 13.1 Å². The summed E-state index contributed by atoms with van der Waals surface area (Å²) in [7, 11) is 1.70. The van der Waals surface area contributed by atoms with Crippen molar-refractivity contribution >= 4 is 21.4 Å². The standard InChI is InChI=1S/C11H20N2O3S2/c1-12-9-10-5-6-11(17-10)18(14,15)13(2)7-4-8-16-3/h5-6,12H,4,7-9H2,1-3H3. The molecular formula is C11H20N2O3S2. The Bertz CT molecular complexity index is 457. The fourth-order valence-electron chi connectivity index (χ4n) is 1.47. The summed E-state index contributed by atoms with van der Waals surface area (Å²) in [5, 5.41) is 3.01. The van der Waals surface area contributed by atoms with Crippen molar-refractivity contribution in [3.05, 3.63) is 17.0 Å². The van der Waals surface area contributed by atoms with Crippen LogP contribution < -0.4 is 5.32 Å². The molecule has 0 saturated heterocycles. The van der Waals surface area contributed by atoms with Crippen molar-refractivity contribution in [2.75, 3.05) is 34.4 Å². The zero-order chi connectivity index (χ0) is 13.6. The fraction of sp³-hybridized carbons (Fsp3) is 0.636. The van der Waals surface area contributed by atoms with Crippen LogP contribution in [0.4, 0.5) is 0 Å². The Hall–Kier alpha value is -0.470. The lowest BCUT2D eigenvalue weighted by Crippen LogP contribution is -2.27. The van der Waals surface area contributed by atoms with E-state index in [1.54, 1.807) is 20.2 Å². The molecule has 0 amide bonds. The van der Waals surface area contributed by atoms with Gasteiger partial charge in [-0.05, 0) is 25.6 Å². The highest BCUT2D eigenvalue weighted by Crippen LogP contribution is 2.24. The monoisotopic (exact) mass is 292 g/mol. The van der Waals surface area contributed by atoms with Crippen molar-refractivity contribution in [2.45, 2.75) is 17.2 Å². The van der Waals surface area contributed by atoms with E-state index in [0.29, 0.717) is 30.3 Å². The molecule has 0 aliphatic rings. The zero-order valence-corrected chi connectivity index (χ0v) is 12.6. The quantitative estimate of drug-likeness (QED) is 0.730. The molecule has 18 heavy (non-hydrogen) atoms. The molecular weight excluding hydrogens is 272 g/mol. The van der Waals surface area contributed by atoms with Gasteiger partial charge in [0.25, 0.3) is 10.0 Å². The van der Waals surface area contributed by atoms with E-state index in [9.17, 15) is 8.42 Å². The SMILES string of the molecule is CNCc1ccc(S(=O)(=O)N(C)CCCOC)s1. The van der Waals surface area contributed by atoms with Gasteiger partial charge in [-0.15, -0.1) is 11.3 Å². The van der Waals surface area contributed by atoms with Gasteiger partial charge in [0, 0.05) is 38.7 Å². The molecule has 0 bridgehead atoms. The van der Waals surface area contributed by atoms with E-state index in [0.717, 1.165) is 4.88 Å². The molecule has 1 N–H and O–H groups in total. The summed E-state index contributed by atoms with van der Waals surface area (Å²) < 4.78 is 31.1. The van der Waals surface area contributed by atoms with Gasteiger partial charge < -0.3 is 10.1 Å². The molecule has 1 aromatic heterocycles. The number of hydrogen-bond donors (Lipinski definition) is 1. The van der Waals surface area contributed by atoms with Gasteiger partial charge in [-0.2, -0.15) is 0 Å². The topological polar surface area (TPSA) is 58.6 Å². The number of rotatable bonds is 8. The normalized spacial score (nSPS) is 12.2. The van der Waals surface area contributed by atoms with Crippen LogP contribution in [-0.2, 0) is 21.3 Å². The molecule has 5 nitrogen and oxygen atoms in total. The van der Waals surface area contributed by atoms with Crippen molar-refractivity contribution in [2.24, 2.45) is 0 Å². The van der Waals surface area contributed by atoms with Crippen LogP contribution in [0.2, 0.25) is 0 Å². The highest BCUT2D eigenvalue weighted by atomic mass is 32.2. The molecule has 0 aliphatic carbocycles. The molecule has 1 rings (SSSR count). The van der Waals surface area contributed by atoms with Crippen molar-refractivity contribution in [3.63, 3.8) is 0 Å². The second kappa shape index (κ2) is 7.20. The van der Waals surface area contributed by atoms with Gasteiger partial charge in [0.15, 0.2) is 0 Å². The maximum absolute atomic E-state index is 12.2. The number of methoxy groups -OCH3 is 1. The summed E-state index contributed by atoms with van der Waals surface area (Å²) >= 11 is 1.31. The van der Waals surface area contributed by atoms with Gasteiger partial charge in [0.1, 0.15) is 4.21 Å². The summed E-state index contributed by atoms with van der Waals surface area (Å²) in [4.78, 5) is 1.02. The Kier molecular flexibility index (Phi) is 6.24. The van der Waals surface area contributed by atoms with Gasteiger partial charge in [0.05, 0.1) is 0 Å². The van der Waals surface area contributed by atoms with E-state index < -0.39 is 10.0 Å². The minimum atomic E-state index is -3.35. The van der Waals surface area contributed by atoms with Crippen LogP contribution in [0, 0.1) is 0 Å². The number of thiophene rings is 1. The third kappa shape index (κ3) is 4.03. The Morgan fingerprint density at radius 1 is 1.44 bits per heavy atom. The van der Waals surface area contributed by atoms with Gasteiger partial charge >= 0.3 is 0 Å². The van der Waals surface area contributed by atoms with Crippen LogP contribution in [0.25, 0.3) is 0 Å². The molecule has 7 heteroatoms. The number of ether oxygens (including phenoxy) is 1. The van der Waals surface area contributed by atoms with Crippen molar-refractivity contribution in [1.82, 2.24) is 9.62 Å². The first kappa shape index (κ1) is 15.6. The molecule has 0 aromatic carbocycles. The van der Waals surface area contributed by atoms with Crippen LogP contribution in [0.15, 0.2) is 16.3 Å². The van der Waals surface area contributed by atoms with Gasteiger partial charge in [-0.3, -0.25) is 0 Å². The Morgan fingerprint density at radius 3 is 2.78 bits per heavy atom. The molecule has 0 radical (unpaired) electrons. The summed E-state index contributed by atoms with van der Waals surface area (Å²) in [5.74, 6) is 0. The van der Waals surface area contributed by atoms with E-state index in [2.05, 4.69) is 5.32 Å². The molecule has 0 spiro atoms. The maximum Gasteiger partial charge on any atom is 0.252 e. The first-order chi connectivity index (χ1) is 8.52. The third-order valence-corrected chi connectivity index (χ3v) is 5.88. The van der Waals surface area contributed by atoms with Crippen LogP contribution in [0.3, 0.4) is 0 Å². The number of nitrogens with zero attached hydrogens (tertiary/aromatic N) is 1. The Morgan fingerprint density at radius 2 is 2.17 bits per heavy atom. The molecule has 0 atom stereocenters. The molecule has 0 saturated carbocycles. The second-order valence-electron chi connectivity index (χ2n) is 3.92. The first-order valence-electron chi connectivity index (χ1n) is 5.71. The minimum absolute atomic E-state index is 0.396. The predicted octanol–water partition coefficient (Wildman–Crippen LogP) is 1.12.